The number of sulfonamides is 1. The van der Waals surface area contributed by atoms with Gasteiger partial charge in [0.1, 0.15) is 0 Å². The van der Waals surface area contributed by atoms with Crippen LogP contribution in [0.5, 0.6) is 0 Å². The van der Waals surface area contributed by atoms with Crippen molar-refractivity contribution in [1.29, 1.82) is 0 Å². The summed E-state index contributed by atoms with van der Waals surface area (Å²) in [5.74, 6) is -0.536. The van der Waals surface area contributed by atoms with E-state index in [2.05, 4.69) is 4.72 Å². The minimum absolute atomic E-state index is 0.0336. The molecule has 0 saturated heterocycles. The summed E-state index contributed by atoms with van der Waals surface area (Å²) in [7, 11) is -3.69. The number of alkyl halides is 4. The lowest BCUT2D eigenvalue weighted by molar-refractivity contribution is -0.134. The van der Waals surface area contributed by atoms with E-state index in [-0.39, 0.29) is 17.3 Å². The smallest absolute Gasteiger partial charge is 0.214 e. The van der Waals surface area contributed by atoms with Gasteiger partial charge in [-0.25, -0.2) is 13.1 Å². The van der Waals surface area contributed by atoms with Crippen molar-refractivity contribution < 1.29 is 21.6 Å². The fourth-order valence-corrected chi connectivity index (χ4v) is 3.24. The molecule has 116 valence electrons. The van der Waals surface area contributed by atoms with Crippen LogP contribution in [0.2, 0.25) is 0 Å². The van der Waals surface area contributed by atoms with Crippen LogP contribution >= 0.6 is 11.6 Å². The molecule has 0 aromatic heterocycles. The van der Waals surface area contributed by atoms with Gasteiger partial charge in [0.2, 0.25) is 10.0 Å². The molecule has 0 bridgehead atoms. The summed E-state index contributed by atoms with van der Waals surface area (Å²) in [4.78, 5) is 0. The highest BCUT2D eigenvalue weighted by Crippen LogP contribution is 2.23. The second kappa shape index (κ2) is 7.13. The van der Waals surface area contributed by atoms with E-state index >= 15 is 0 Å². The first kappa shape index (κ1) is 19.0. The van der Waals surface area contributed by atoms with E-state index in [4.69, 9.17) is 11.6 Å². The van der Waals surface area contributed by atoms with E-state index in [1.165, 1.54) is 0 Å². The van der Waals surface area contributed by atoms with Crippen molar-refractivity contribution in [2.45, 2.75) is 51.6 Å². The highest BCUT2D eigenvalue weighted by atomic mass is 35.5. The van der Waals surface area contributed by atoms with E-state index in [1.54, 1.807) is 0 Å². The van der Waals surface area contributed by atoms with Gasteiger partial charge in [-0.1, -0.05) is 20.8 Å². The Kier molecular flexibility index (Phi) is 7.12. The van der Waals surface area contributed by atoms with E-state index in [9.17, 15) is 21.6 Å². The highest BCUT2D eigenvalue weighted by molar-refractivity contribution is 7.89. The topological polar surface area (TPSA) is 46.2 Å². The monoisotopic (exact) mass is 323 g/mol. The maximum atomic E-state index is 11.9. The molecule has 19 heavy (non-hydrogen) atoms. The lowest BCUT2D eigenvalue weighted by Crippen LogP contribution is -2.33. The maximum Gasteiger partial charge on any atom is 0.389 e. The second-order valence-electron chi connectivity index (χ2n) is 5.75. The molecule has 0 heterocycles. The average molecular weight is 324 g/mol. The van der Waals surface area contributed by atoms with Gasteiger partial charge in [0, 0.05) is 18.3 Å². The molecule has 1 unspecified atom stereocenters. The molecular formula is C11H21ClF3NO2S. The van der Waals surface area contributed by atoms with Crippen molar-refractivity contribution in [3.8, 4) is 0 Å². The third kappa shape index (κ3) is 12.8. The van der Waals surface area contributed by atoms with Crippen LogP contribution in [0.15, 0.2) is 0 Å². The molecule has 1 N–H and O–H groups in total. The van der Waals surface area contributed by atoms with Crippen LogP contribution in [-0.4, -0.2) is 32.3 Å². The van der Waals surface area contributed by atoms with Crippen LogP contribution in [0.1, 0.15) is 40.0 Å². The molecule has 0 rings (SSSR count). The van der Waals surface area contributed by atoms with Crippen LogP contribution in [0.25, 0.3) is 0 Å². The molecule has 0 saturated carbocycles. The quantitative estimate of drug-likeness (QED) is 0.731. The summed E-state index contributed by atoms with van der Waals surface area (Å²) in [6.07, 6.45) is -5.25. The molecule has 3 nitrogen and oxygen atoms in total. The van der Waals surface area contributed by atoms with Gasteiger partial charge in [0.15, 0.2) is 0 Å². The first-order valence-electron chi connectivity index (χ1n) is 5.99. The largest absolute Gasteiger partial charge is 0.389 e. The summed E-state index contributed by atoms with van der Waals surface area (Å²) in [6, 6.07) is 0. The van der Waals surface area contributed by atoms with Crippen molar-refractivity contribution in [2.75, 3.05) is 12.3 Å². The molecule has 0 spiro atoms. The molecule has 0 aliphatic rings. The molecule has 0 aliphatic carbocycles. The van der Waals surface area contributed by atoms with Gasteiger partial charge >= 0.3 is 6.18 Å². The minimum Gasteiger partial charge on any atom is -0.214 e. The zero-order valence-corrected chi connectivity index (χ0v) is 12.9. The van der Waals surface area contributed by atoms with Gasteiger partial charge in [-0.05, 0) is 18.3 Å². The number of hydrogen-bond donors (Lipinski definition) is 1. The molecule has 0 radical (unpaired) electrons. The van der Waals surface area contributed by atoms with Crippen molar-refractivity contribution in [2.24, 2.45) is 5.41 Å². The molecule has 0 amide bonds. The minimum atomic E-state index is -4.32. The van der Waals surface area contributed by atoms with E-state index < -0.39 is 34.8 Å². The first-order chi connectivity index (χ1) is 8.31. The predicted molar refractivity (Wildman–Crippen MR) is 70.8 cm³/mol. The highest BCUT2D eigenvalue weighted by Gasteiger charge is 2.27. The zero-order valence-electron chi connectivity index (χ0n) is 11.3. The lowest BCUT2D eigenvalue weighted by atomic mass is 9.90. The van der Waals surface area contributed by atoms with Crippen molar-refractivity contribution >= 4 is 21.6 Å². The Bertz CT molecular complexity index is 363. The fraction of sp³-hybridized carbons (Fsp3) is 1.00. The first-order valence-corrected chi connectivity index (χ1v) is 8.08. The van der Waals surface area contributed by atoms with Gasteiger partial charge < -0.3 is 0 Å². The van der Waals surface area contributed by atoms with Gasteiger partial charge in [0.05, 0.1) is 5.75 Å². The molecule has 1 atom stereocenters. The molecule has 8 heteroatoms. The Hall–Kier alpha value is -0.0100. The molecule has 0 aromatic carbocycles. The average Bonchev–Trinajstić information content (AvgIpc) is 2.09. The van der Waals surface area contributed by atoms with Crippen molar-refractivity contribution in [1.82, 2.24) is 4.72 Å². The number of halogens is 4. The maximum absolute atomic E-state index is 11.9. The number of rotatable bonds is 7. The Balaban J connectivity index is 4.04. The Morgan fingerprint density at radius 3 is 2.16 bits per heavy atom. The summed E-state index contributed by atoms with van der Waals surface area (Å²) >= 11 is 5.97. The summed E-state index contributed by atoms with van der Waals surface area (Å²) in [5.41, 5.74) is -0.0336. The van der Waals surface area contributed by atoms with Gasteiger partial charge in [-0.3, -0.25) is 0 Å². The third-order valence-corrected chi connectivity index (χ3v) is 3.97. The van der Waals surface area contributed by atoms with E-state index in [0.717, 1.165) is 0 Å². The second-order valence-corrected chi connectivity index (χ2v) is 8.29. The van der Waals surface area contributed by atoms with Crippen molar-refractivity contribution in [3.63, 3.8) is 0 Å². The van der Waals surface area contributed by atoms with Gasteiger partial charge in [0.25, 0.3) is 0 Å². The number of hydrogen-bond acceptors (Lipinski definition) is 2. The van der Waals surface area contributed by atoms with Crippen LogP contribution < -0.4 is 4.72 Å². The third-order valence-electron chi connectivity index (χ3n) is 2.23. The van der Waals surface area contributed by atoms with Gasteiger partial charge in [-0.2, -0.15) is 13.2 Å². The normalized spacial score (nSPS) is 15.5. The molecule has 0 aromatic rings. The predicted octanol–water partition coefficient (Wildman–Crippen LogP) is 3.29. The zero-order chi connectivity index (χ0) is 15.3. The van der Waals surface area contributed by atoms with Crippen LogP contribution in [-0.2, 0) is 10.0 Å². The molecule has 0 fully saturated rings. The SMILES string of the molecule is CC(C)(C)CC(Cl)CNS(=O)(=O)CCCC(F)(F)F. The lowest BCUT2D eigenvalue weighted by Gasteiger charge is -2.22. The number of nitrogens with one attached hydrogen (secondary N) is 1. The Morgan fingerprint density at radius 2 is 1.74 bits per heavy atom. The van der Waals surface area contributed by atoms with Crippen LogP contribution in [0, 0.1) is 5.41 Å². The standard InChI is InChI=1S/C11H21ClF3NO2S/c1-10(2,3)7-9(12)8-16-19(17,18)6-4-5-11(13,14)15/h9,16H,4-8H2,1-3H3. The Labute approximate surface area is 117 Å². The summed E-state index contributed by atoms with van der Waals surface area (Å²) in [6.45, 7) is 5.95. The van der Waals surface area contributed by atoms with Crippen molar-refractivity contribution in [3.05, 3.63) is 0 Å². The summed E-state index contributed by atoms with van der Waals surface area (Å²) in [5, 5.41) is -0.377. The summed E-state index contributed by atoms with van der Waals surface area (Å²) < 4.78 is 60.8. The molecular weight excluding hydrogens is 303 g/mol. The van der Waals surface area contributed by atoms with Crippen LogP contribution in [0.3, 0.4) is 0 Å². The Morgan fingerprint density at radius 1 is 1.21 bits per heavy atom. The van der Waals surface area contributed by atoms with Crippen LogP contribution in [0.4, 0.5) is 13.2 Å². The molecule has 0 aliphatic heterocycles. The van der Waals surface area contributed by atoms with Gasteiger partial charge in [-0.15, -0.1) is 11.6 Å². The fourth-order valence-electron chi connectivity index (χ4n) is 1.49. The van der Waals surface area contributed by atoms with E-state index in [0.29, 0.717) is 6.42 Å². The van der Waals surface area contributed by atoms with E-state index in [1.807, 2.05) is 20.8 Å².